The Morgan fingerprint density at radius 1 is 1.45 bits per heavy atom. The number of sulfonamides is 1. The first-order valence-electron chi connectivity index (χ1n) is 6.19. The van der Waals surface area contributed by atoms with Gasteiger partial charge in [-0.05, 0) is 40.0 Å². The first kappa shape index (κ1) is 17.1. The number of nitrogens with zero attached hydrogens (tertiary/aromatic N) is 1. The molecule has 112 valence electrons. The van der Waals surface area contributed by atoms with Gasteiger partial charge in [0.25, 0.3) is 0 Å². The molecule has 0 bridgehead atoms. The minimum Gasteiger partial charge on any atom is -0.478 e. The van der Waals surface area contributed by atoms with E-state index < -0.39 is 16.0 Å². The van der Waals surface area contributed by atoms with Gasteiger partial charge in [0.05, 0.1) is 10.5 Å². The quantitative estimate of drug-likeness (QED) is 0.842. The van der Waals surface area contributed by atoms with Crippen LogP contribution in [0.1, 0.15) is 30.6 Å². The molecule has 1 atom stereocenters. The third-order valence-electron chi connectivity index (χ3n) is 3.13. The second kappa shape index (κ2) is 6.69. The molecule has 7 heteroatoms. The lowest BCUT2D eigenvalue weighted by atomic mass is 10.1. The van der Waals surface area contributed by atoms with E-state index >= 15 is 0 Å². The van der Waals surface area contributed by atoms with Crippen molar-refractivity contribution < 1.29 is 18.3 Å². The molecule has 1 aromatic carbocycles. The maximum Gasteiger partial charge on any atom is 0.335 e. The number of carboxylic acid groups (broad SMARTS) is 1. The van der Waals surface area contributed by atoms with Crippen molar-refractivity contribution in [3.63, 3.8) is 0 Å². The van der Waals surface area contributed by atoms with Crippen LogP contribution < -0.4 is 0 Å². The third kappa shape index (κ3) is 3.80. The molecule has 0 aliphatic carbocycles. The predicted octanol–water partition coefficient (Wildman–Crippen LogP) is 2.81. The maximum absolute atomic E-state index is 12.5. The summed E-state index contributed by atoms with van der Waals surface area (Å²) >= 11 is 3.17. The van der Waals surface area contributed by atoms with Crippen LogP contribution in [0, 0.1) is 5.92 Å². The monoisotopic (exact) mass is 363 g/mol. The molecule has 5 nitrogen and oxygen atoms in total. The first-order valence-corrected chi connectivity index (χ1v) is 8.42. The smallest absolute Gasteiger partial charge is 0.335 e. The summed E-state index contributed by atoms with van der Waals surface area (Å²) in [6, 6.07) is 3.97. The van der Waals surface area contributed by atoms with Crippen molar-refractivity contribution in [3.8, 4) is 0 Å². The second-order valence-corrected chi connectivity index (χ2v) is 7.62. The van der Waals surface area contributed by atoms with Gasteiger partial charge in [0.2, 0.25) is 10.0 Å². The van der Waals surface area contributed by atoms with Crippen LogP contribution in [-0.2, 0) is 10.0 Å². The van der Waals surface area contributed by atoms with Crippen LogP contribution in [0.4, 0.5) is 0 Å². The van der Waals surface area contributed by atoms with Crippen LogP contribution in [0.2, 0.25) is 0 Å². The number of carboxylic acids is 1. The summed E-state index contributed by atoms with van der Waals surface area (Å²) in [4.78, 5) is 10.9. The molecule has 0 spiro atoms. The Kier molecular flexibility index (Phi) is 5.73. The topological polar surface area (TPSA) is 74.7 Å². The van der Waals surface area contributed by atoms with Crippen molar-refractivity contribution in [3.05, 3.63) is 28.2 Å². The van der Waals surface area contributed by atoms with E-state index in [2.05, 4.69) is 15.9 Å². The molecule has 1 rings (SSSR count). The van der Waals surface area contributed by atoms with E-state index in [-0.39, 0.29) is 16.4 Å². The number of hydrogen-bond donors (Lipinski definition) is 1. The molecule has 0 amide bonds. The largest absolute Gasteiger partial charge is 0.478 e. The van der Waals surface area contributed by atoms with E-state index in [1.807, 2.05) is 13.8 Å². The second-order valence-electron chi connectivity index (χ2n) is 4.75. The van der Waals surface area contributed by atoms with Gasteiger partial charge in [0.15, 0.2) is 0 Å². The normalized spacial score (nSPS) is 13.4. The molecule has 0 aromatic heterocycles. The number of benzene rings is 1. The lowest BCUT2D eigenvalue weighted by Gasteiger charge is -2.21. The highest BCUT2D eigenvalue weighted by Crippen LogP contribution is 2.26. The van der Waals surface area contributed by atoms with Crippen molar-refractivity contribution in [2.45, 2.75) is 25.2 Å². The summed E-state index contributed by atoms with van der Waals surface area (Å²) in [5.41, 5.74) is -0.0521. The minimum atomic E-state index is -3.71. The maximum atomic E-state index is 12.5. The van der Waals surface area contributed by atoms with Crippen LogP contribution in [0.5, 0.6) is 0 Å². The molecular weight excluding hydrogens is 346 g/mol. The van der Waals surface area contributed by atoms with Gasteiger partial charge in [-0.2, -0.15) is 0 Å². The van der Waals surface area contributed by atoms with Gasteiger partial charge >= 0.3 is 5.97 Å². The Morgan fingerprint density at radius 2 is 2.05 bits per heavy atom. The Morgan fingerprint density at radius 3 is 2.55 bits per heavy atom. The highest BCUT2D eigenvalue weighted by Gasteiger charge is 2.25. The Balaban J connectivity index is 3.21. The average Bonchev–Trinajstić information content (AvgIpc) is 2.38. The van der Waals surface area contributed by atoms with E-state index in [9.17, 15) is 13.2 Å². The summed E-state index contributed by atoms with van der Waals surface area (Å²) in [6.45, 7) is 4.35. The number of rotatable bonds is 6. The summed E-state index contributed by atoms with van der Waals surface area (Å²) in [7, 11) is -2.21. The van der Waals surface area contributed by atoms with Crippen molar-refractivity contribution in [2.24, 2.45) is 5.92 Å². The average molecular weight is 364 g/mol. The zero-order valence-electron chi connectivity index (χ0n) is 11.6. The van der Waals surface area contributed by atoms with Gasteiger partial charge in [-0.3, -0.25) is 0 Å². The molecule has 1 aromatic rings. The number of aromatic carboxylic acids is 1. The van der Waals surface area contributed by atoms with Gasteiger partial charge < -0.3 is 5.11 Å². The molecule has 0 radical (unpaired) electrons. The molecule has 0 heterocycles. The van der Waals surface area contributed by atoms with Crippen LogP contribution in [-0.4, -0.2) is 37.4 Å². The Labute approximate surface area is 127 Å². The van der Waals surface area contributed by atoms with Crippen molar-refractivity contribution in [2.75, 3.05) is 13.6 Å². The fourth-order valence-electron chi connectivity index (χ4n) is 1.67. The Bertz CT molecular complexity index is 600. The SMILES string of the molecule is CCC(C)CN(C)S(=O)(=O)c1cc(C(=O)O)ccc1Br. The lowest BCUT2D eigenvalue weighted by Crippen LogP contribution is -2.31. The van der Waals surface area contributed by atoms with Gasteiger partial charge in [-0.15, -0.1) is 0 Å². The fraction of sp³-hybridized carbons (Fsp3) is 0.462. The zero-order valence-corrected chi connectivity index (χ0v) is 14.0. The third-order valence-corrected chi connectivity index (χ3v) is 5.95. The van der Waals surface area contributed by atoms with E-state index in [4.69, 9.17) is 5.11 Å². The highest BCUT2D eigenvalue weighted by atomic mass is 79.9. The molecule has 0 aliphatic heterocycles. The van der Waals surface area contributed by atoms with Crippen molar-refractivity contribution in [1.29, 1.82) is 0 Å². The van der Waals surface area contributed by atoms with Gasteiger partial charge in [-0.1, -0.05) is 20.3 Å². The van der Waals surface area contributed by atoms with Crippen molar-refractivity contribution >= 4 is 31.9 Å². The predicted molar refractivity (Wildman–Crippen MR) is 80.4 cm³/mol. The van der Waals surface area contributed by atoms with Gasteiger partial charge in [-0.25, -0.2) is 17.5 Å². The molecule has 1 unspecified atom stereocenters. The van der Waals surface area contributed by atoms with E-state index in [1.165, 1.54) is 29.6 Å². The summed E-state index contributed by atoms with van der Waals surface area (Å²) in [6.07, 6.45) is 0.871. The Hall–Kier alpha value is -0.920. The number of hydrogen-bond acceptors (Lipinski definition) is 3. The lowest BCUT2D eigenvalue weighted by molar-refractivity contribution is 0.0696. The number of halogens is 1. The van der Waals surface area contributed by atoms with Crippen LogP contribution in [0.3, 0.4) is 0 Å². The van der Waals surface area contributed by atoms with E-state index in [1.54, 1.807) is 0 Å². The van der Waals surface area contributed by atoms with Crippen LogP contribution in [0.25, 0.3) is 0 Å². The first-order chi connectivity index (χ1) is 9.20. The molecule has 0 aliphatic rings. The molecule has 0 fully saturated rings. The molecule has 0 saturated carbocycles. The van der Waals surface area contributed by atoms with Crippen molar-refractivity contribution in [1.82, 2.24) is 4.31 Å². The highest BCUT2D eigenvalue weighted by molar-refractivity contribution is 9.10. The number of carbonyl (C=O) groups is 1. The zero-order chi connectivity index (χ0) is 15.5. The summed E-state index contributed by atoms with van der Waals surface area (Å²) < 4.78 is 26.6. The molecular formula is C13H18BrNO4S. The van der Waals surface area contributed by atoms with Gasteiger partial charge in [0.1, 0.15) is 0 Å². The van der Waals surface area contributed by atoms with Crippen LogP contribution in [0.15, 0.2) is 27.6 Å². The summed E-state index contributed by atoms with van der Waals surface area (Å²) in [5, 5.41) is 8.96. The molecule has 1 N–H and O–H groups in total. The van der Waals surface area contributed by atoms with Crippen LogP contribution >= 0.6 is 15.9 Å². The van der Waals surface area contributed by atoms with E-state index in [0.717, 1.165) is 6.42 Å². The van der Waals surface area contributed by atoms with Gasteiger partial charge in [0, 0.05) is 18.1 Å². The fourth-order valence-corrected chi connectivity index (χ4v) is 3.91. The summed E-state index contributed by atoms with van der Waals surface area (Å²) in [5.74, 6) is -0.922. The molecule has 20 heavy (non-hydrogen) atoms. The standard InChI is InChI=1S/C13H18BrNO4S/c1-4-9(2)8-15(3)20(18,19)12-7-10(13(16)17)5-6-11(12)14/h5-7,9H,4,8H2,1-3H3,(H,16,17). The minimum absolute atomic E-state index is 0.0248. The van der Waals surface area contributed by atoms with E-state index in [0.29, 0.717) is 11.0 Å². The molecule has 0 saturated heterocycles.